The molecule has 2 rings (SSSR count). The maximum Gasteiger partial charge on any atom is 0.248 e. The average Bonchev–Trinajstić information content (AvgIpc) is 2.43. The fourth-order valence-electron chi connectivity index (χ4n) is 1.67. The van der Waals surface area contributed by atoms with Crippen molar-refractivity contribution in [2.45, 2.75) is 6.92 Å². The number of aromatic nitrogens is 1. The summed E-state index contributed by atoms with van der Waals surface area (Å²) in [5.74, 6) is 0.0566. The minimum atomic E-state index is -0.508. The molecular weight excluding hydrogens is 256 g/mol. The Morgan fingerprint density at radius 3 is 2.70 bits per heavy atom. The number of primary amides is 1. The van der Waals surface area contributed by atoms with E-state index in [1.165, 1.54) is 6.07 Å². The van der Waals surface area contributed by atoms with Crippen LogP contribution >= 0.6 is 0 Å². The first-order chi connectivity index (χ1) is 9.60. The second kappa shape index (κ2) is 5.92. The van der Waals surface area contributed by atoms with Gasteiger partial charge in [-0.05, 0) is 31.2 Å². The Morgan fingerprint density at radius 1 is 1.35 bits per heavy atom. The number of hydrogen-bond acceptors (Lipinski definition) is 5. The molecule has 6 nitrogen and oxygen atoms in total. The normalized spacial score (nSPS) is 10.1. The fourth-order valence-corrected chi connectivity index (χ4v) is 1.67. The first-order valence-corrected chi connectivity index (χ1v) is 6.15. The monoisotopic (exact) mass is 272 g/mol. The van der Waals surface area contributed by atoms with E-state index in [0.29, 0.717) is 29.4 Å². The summed E-state index contributed by atoms with van der Waals surface area (Å²) in [5.41, 5.74) is 13.3. The molecule has 1 amide bonds. The summed E-state index contributed by atoms with van der Waals surface area (Å²) in [7, 11) is 0. The van der Waals surface area contributed by atoms with Crippen LogP contribution in [0.15, 0.2) is 36.5 Å². The maximum absolute atomic E-state index is 11.0. The van der Waals surface area contributed by atoms with E-state index in [1.54, 1.807) is 24.4 Å². The van der Waals surface area contributed by atoms with Gasteiger partial charge in [-0.25, -0.2) is 4.98 Å². The molecule has 0 atom stereocenters. The molecule has 104 valence electrons. The Labute approximate surface area is 116 Å². The van der Waals surface area contributed by atoms with Crippen molar-refractivity contribution in [3.63, 3.8) is 0 Å². The zero-order valence-electron chi connectivity index (χ0n) is 11.1. The zero-order chi connectivity index (χ0) is 14.5. The van der Waals surface area contributed by atoms with E-state index in [4.69, 9.17) is 16.2 Å². The van der Waals surface area contributed by atoms with Gasteiger partial charge in [0.05, 0.1) is 29.9 Å². The van der Waals surface area contributed by atoms with E-state index >= 15 is 0 Å². The van der Waals surface area contributed by atoms with Crippen LogP contribution in [0.3, 0.4) is 0 Å². The number of pyridine rings is 1. The molecule has 0 bridgehead atoms. The molecule has 6 heteroatoms. The van der Waals surface area contributed by atoms with Gasteiger partial charge in [0, 0.05) is 11.6 Å². The predicted molar refractivity (Wildman–Crippen MR) is 78.1 cm³/mol. The number of nitrogens with one attached hydrogen (secondary N) is 1. The maximum atomic E-state index is 11.0. The lowest BCUT2D eigenvalue weighted by Crippen LogP contribution is -2.11. The Bertz CT molecular complexity index is 611. The van der Waals surface area contributed by atoms with Gasteiger partial charge in [-0.2, -0.15) is 0 Å². The van der Waals surface area contributed by atoms with E-state index in [2.05, 4.69) is 10.3 Å². The van der Waals surface area contributed by atoms with Crippen LogP contribution in [0.25, 0.3) is 0 Å². The summed E-state index contributed by atoms with van der Waals surface area (Å²) < 4.78 is 5.26. The number of hydrogen-bond donors (Lipinski definition) is 3. The molecule has 0 radical (unpaired) electrons. The van der Waals surface area contributed by atoms with Gasteiger partial charge in [-0.1, -0.05) is 0 Å². The van der Waals surface area contributed by atoms with Gasteiger partial charge < -0.3 is 21.5 Å². The highest BCUT2D eigenvalue weighted by Crippen LogP contribution is 2.24. The lowest BCUT2D eigenvalue weighted by atomic mass is 10.1. The molecular formula is C14H16N4O2. The molecule has 2 aromatic rings. The molecule has 1 aromatic carbocycles. The van der Waals surface area contributed by atoms with E-state index in [1.807, 2.05) is 13.0 Å². The molecule has 0 unspecified atom stereocenters. The largest absolute Gasteiger partial charge is 0.478 e. The number of amides is 1. The van der Waals surface area contributed by atoms with Crippen LogP contribution in [0.5, 0.6) is 5.88 Å². The zero-order valence-corrected chi connectivity index (χ0v) is 11.1. The van der Waals surface area contributed by atoms with E-state index in [9.17, 15) is 4.79 Å². The number of nitrogens with two attached hydrogens (primary N) is 2. The van der Waals surface area contributed by atoms with Crippen LogP contribution in [0.2, 0.25) is 0 Å². The first kappa shape index (κ1) is 13.7. The van der Waals surface area contributed by atoms with Crippen molar-refractivity contribution in [2.75, 3.05) is 17.7 Å². The third kappa shape index (κ3) is 3.17. The van der Waals surface area contributed by atoms with Crippen molar-refractivity contribution >= 4 is 23.0 Å². The van der Waals surface area contributed by atoms with Crippen LogP contribution in [0.1, 0.15) is 17.3 Å². The summed E-state index contributed by atoms with van der Waals surface area (Å²) >= 11 is 0. The summed E-state index contributed by atoms with van der Waals surface area (Å²) in [4.78, 5) is 15.2. The van der Waals surface area contributed by atoms with Crippen LogP contribution in [-0.2, 0) is 0 Å². The molecule has 0 fully saturated rings. The highest BCUT2D eigenvalue weighted by atomic mass is 16.5. The molecule has 0 spiro atoms. The molecule has 1 heterocycles. The number of ether oxygens (including phenoxy) is 1. The molecule has 0 aliphatic rings. The minimum absolute atomic E-state index is 0.373. The number of carbonyl (C=O) groups excluding carboxylic acids is 1. The molecule has 0 aliphatic carbocycles. The van der Waals surface area contributed by atoms with Crippen molar-refractivity contribution in [3.8, 4) is 5.88 Å². The SMILES string of the molecule is CCOc1ccc(Nc2ccc(C(N)=O)cc2N)cn1. The van der Waals surface area contributed by atoms with Crippen molar-refractivity contribution in [1.29, 1.82) is 0 Å². The Balaban J connectivity index is 2.15. The van der Waals surface area contributed by atoms with Gasteiger partial charge in [0.2, 0.25) is 11.8 Å². The second-order valence-electron chi connectivity index (χ2n) is 4.11. The van der Waals surface area contributed by atoms with Gasteiger partial charge >= 0.3 is 0 Å². The lowest BCUT2D eigenvalue weighted by molar-refractivity contribution is 0.100. The van der Waals surface area contributed by atoms with Crippen molar-refractivity contribution in [1.82, 2.24) is 4.98 Å². The molecule has 5 N–H and O–H groups in total. The molecule has 0 aliphatic heterocycles. The Morgan fingerprint density at radius 2 is 2.15 bits per heavy atom. The number of nitrogen functional groups attached to an aromatic ring is 1. The Hall–Kier alpha value is -2.76. The summed E-state index contributed by atoms with van der Waals surface area (Å²) in [5, 5.41) is 3.11. The van der Waals surface area contributed by atoms with Crippen molar-refractivity contribution < 1.29 is 9.53 Å². The van der Waals surface area contributed by atoms with E-state index in [0.717, 1.165) is 5.69 Å². The van der Waals surface area contributed by atoms with Crippen LogP contribution in [0.4, 0.5) is 17.1 Å². The van der Waals surface area contributed by atoms with Gasteiger partial charge in [0.25, 0.3) is 0 Å². The van der Waals surface area contributed by atoms with Gasteiger partial charge in [0.1, 0.15) is 0 Å². The number of carbonyl (C=O) groups is 1. The smallest absolute Gasteiger partial charge is 0.248 e. The quantitative estimate of drug-likeness (QED) is 0.721. The molecule has 0 saturated heterocycles. The topological polar surface area (TPSA) is 103 Å². The summed E-state index contributed by atoms with van der Waals surface area (Å²) in [6.07, 6.45) is 1.65. The van der Waals surface area contributed by atoms with Crippen LogP contribution in [0, 0.1) is 0 Å². The highest BCUT2D eigenvalue weighted by molar-refractivity contribution is 5.95. The summed E-state index contributed by atoms with van der Waals surface area (Å²) in [6.45, 7) is 2.47. The van der Waals surface area contributed by atoms with Gasteiger partial charge in [0.15, 0.2) is 0 Å². The summed E-state index contributed by atoms with van der Waals surface area (Å²) in [6, 6.07) is 8.45. The number of rotatable bonds is 5. The van der Waals surface area contributed by atoms with Crippen molar-refractivity contribution in [3.05, 3.63) is 42.1 Å². The number of anilines is 3. The van der Waals surface area contributed by atoms with Crippen LogP contribution < -0.4 is 21.5 Å². The van der Waals surface area contributed by atoms with Crippen LogP contribution in [-0.4, -0.2) is 17.5 Å². The Kier molecular flexibility index (Phi) is 4.05. The highest BCUT2D eigenvalue weighted by Gasteiger charge is 2.05. The predicted octanol–water partition coefficient (Wildman–Crippen LogP) is 1.90. The van der Waals surface area contributed by atoms with Gasteiger partial charge in [-0.3, -0.25) is 4.79 Å². The fraction of sp³-hybridized carbons (Fsp3) is 0.143. The second-order valence-corrected chi connectivity index (χ2v) is 4.11. The van der Waals surface area contributed by atoms with E-state index in [-0.39, 0.29) is 0 Å². The molecule has 20 heavy (non-hydrogen) atoms. The first-order valence-electron chi connectivity index (χ1n) is 6.15. The minimum Gasteiger partial charge on any atom is -0.478 e. The average molecular weight is 272 g/mol. The molecule has 1 aromatic heterocycles. The number of nitrogens with zero attached hydrogens (tertiary/aromatic N) is 1. The number of benzene rings is 1. The third-order valence-electron chi connectivity index (χ3n) is 2.64. The lowest BCUT2D eigenvalue weighted by Gasteiger charge is -2.10. The van der Waals surface area contributed by atoms with Crippen molar-refractivity contribution in [2.24, 2.45) is 5.73 Å². The standard InChI is InChI=1S/C14H16N4O2/c1-2-20-13-6-4-10(8-17-13)18-12-5-3-9(14(16)19)7-11(12)15/h3-8,18H,2,15H2,1H3,(H2,16,19). The third-order valence-corrected chi connectivity index (χ3v) is 2.64. The molecule has 0 saturated carbocycles. The van der Waals surface area contributed by atoms with Gasteiger partial charge in [-0.15, -0.1) is 0 Å². The van der Waals surface area contributed by atoms with E-state index < -0.39 is 5.91 Å².